The van der Waals surface area contributed by atoms with E-state index in [0.717, 1.165) is 180 Å². The Bertz CT molecular complexity index is 2670. The van der Waals surface area contributed by atoms with Gasteiger partial charge in [-0.1, -0.05) is 260 Å². The molecule has 4 amide bonds. The normalized spacial score (nSPS) is 12.1. The van der Waals surface area contributed by atoms with Gasteiger partial charge in [-0.05, 0) is 173 Å². The fourth-order valence-electron chi connectivity index (χ4n) is 13.7. The van der Waals surface area contributed by atoms with Gasteiger partial charge >= 0.3 is 23.9 Å². The lowest BCUT2D eigenvalue weighted by Gasteiger charge is -2.23. The number of unbranched alkanes of at least 4 members (excludes halogenated alkanes) is 33. The maximum Gasteiger partial charge on any atom is 0.305 e. The van der Waals surface area contributed by atoms with E-state index in [4.69, 9.17) is 33.2 Å². The SMILES string of the molecule is CCCCC/C=C\C/C=C\CCCCCCCC(=O)OCCN(CCOC(=O)CCCCCCC/C=C\C/C=C\CCCCC)C(=O)CCC(=O)C[C@@H](CCCCNC(=O)CCC(=O)N(CCOC(=O)CCCCCCC/C=C\C/C=C\CCCCC)CCOC(=O)CCCCCCC/C=C\C/C=C\CCCCC)C(=O)NCCCOCCOCCOC. The highest BCUT2D eigenvalue weighted by atomic mass is 16.6. The maximum atomic E-state index is 14.0. The van der Waals surface area contributed by atoms with Crippen molar-refractivity contribution in [1.29, 1.82) is 0 Å². The number of carbonyl (C=O) groups is 9. The number of Topliss-reactive ketones (excluding diaryl/α,β-unsaturated/α-hetero) is 1. The van der Waals surface area contributed by atoms with Crippen molar-refractivity contribution >= 4 is 53.3 Å². The third-order valence-electron chi connectivity index (χ3n) is 21.4. The van der Waals surface area contributed by atoms with E-state index in [0.29, 0.717) is 90.9 Å². The number of hydrogen-bond acceptors (Lipinski definition) is 16. The van der Waals surface area contributed by atoms with Crippen LogP contribution >= 0.6 is 0 Å². The van der Waals surface area contributed by atoms with Gasteiger partial charge in [0.1, 0.15) is 32.2 Å². The monoisotopic (exact) mass is 1730 g/mol. The number of rotatable bonds is 92. The Morgan fingerprint density at radius 1 is 0.276 bits per heavy atom. The number of ether oxygens (including phenoxy) is 7. The van der Waals surface area contributed by atoms with Crippen LogP contribution in [0.1, 0.15) is 394 Å². The minimum atomic E-state index is -0.731. The van der Waals surface area contributed by atoms with Gasteiger partial charge in [0, 0.05) is 90.5 Å². The lowest BCUT2D eigenvalue weighted by molar-refractivity contribution is -0.148. The molecule has 0 unspecified atom stereocenters. The zero-order valence-electron chi connectivity index (χ0n) is 78.7. The van der Waals surface area contributed by atoms with E-state index in [1.165, 1.54) is 86.8 Å². The number of carbonyl (C=O) groups excluding carboxylic acids is 9. The number of nitrogens with one attached hydrogen (secondary N) is 2. The number of nitrogens with zero attached hydrogens (tertiary/aromatic N) is 2. The second-order valence-electron chi connectivity index (χ2n) is 32.7. The minimum absolute atomic E-state index is 0.0337. The first-order valence-electron chi connectivity index (χ1n) is 49.4. The molecule has 0 heterocycles. The van der Waals surface area contributed by atoms with E-state index < -0.39 is 5.92 Å². The van der Waals surface area contributed by atoms with Crippen molar-refractivity contribution in [3.63, 3.8) is 0 Å². The van der Waals surface area contributed by atoms with Gasteiger partial charge < -0.3 is 53.6 Å². The van der Waals surface area contributed by atoms with Crippen LogP contribution in [0.25, 0.3) is 0 Å². The average molecular weight is 1730 g/mol. The molecule has 0 aromatic carbocycles. The van der Waals surface area contributed by atoms with Crippen LogP contribution in [0.4, 0.5) is 0 Å². The van der Waals surface area contributed by atoms with Crippen LogP contribution in [0.2, 0.25) is 0 Å². The molecule has 0 saturated heterocycles. The number of hydrogen-bond donors (Lipinski definition) is 2. The van der Waals surface area contributed by atoms with Gasteiger partial charge in [0.05, 0.1) is 52.6 Å². The molecule has 0 radical (unpaired) electrons. The van der Waals surface area contributed by atoms with Gasteiger partial charge in [-0.15, -0.1) is 0 Å². The largest absolute Gasteiger partial charge is 0.464 e. The zero-order valence-corrected chi connectivity index (χ0v) is 78.7. The first kappa shape index (κ1) is 116. The van der Waals surface area contributed by atoms with Crippen LogP contribution in [-0.4, -0.2) is 169 Å². The van der Waals surface area contributed by atoms with E-state index in [9.17, 15) is 43.2 Å². The standard InChI is InChI=1S/C103H178N4O16/c1-6-10-14-18-22-26-30-34-38-42-46-50-54-58-62-70-99(112)120-85-80-106(81-86-121-100(113)71-63-59-55-51-47-43-39-35-31-27-23-19-15-11-7-2)97(110)76-74-95(108)93-94(103(116)105-79-68-84-118-91-92-119-90-89-117-5)69-66-67-78-104-96(109)75-77-98(111)107(82-87-122-101(114)72-64-60-56-52-48-44-40-36-32-28-24-20-16-12-8-3)83-88-123-102(115)73-65-61-57-53-49-45-41-37-33-29-25-21-17-13-9-4/h22-29,34-41,94H,6-21,30-33,42-93H2,1-5H3,(H,104,109)(H,105,116)/b26-22-,27-23-,28-24-,29-25-,38-34-,39-35-,40-36-,41-37-/t94-/m1/s1. The van der Waals surface area contributed by atoms with Crippen molar-refractivity contribution in [3.05, 3.63) is 97.2 Å². The number of allylic oxidation sites excluding steroid dienone is 16. The van der Waals surface area contributed by atoms with Crippen molar-refractivity contribution in [2.45, 2.75) is 394 Å². The predicted molar refractivity (Wildman–Crippen MR) is 504 cm³/mol. The molecule has 20 nitrogen and oxygen atoms in total. The number of methoxy groups -OCH3 is 1. The highest BCUT2D eigenvalue weighted by molar-refractivity contribution is 5.89. The van der Waals surface area contributed by atoms with Crippen molar-refractivity contribution in [3.8, 4) is 0 Å². The first-order chi connectivity index (χ1) is 60.3. The molecule has 1 atom stereocenters. The Hall–Kier alpha value is -6.77. The first-order valence-corrected chi connectivity index (χ1v) is 49.4. The Balaban J connectivity index is 5.84. The summed E-state index contributed by atoms with van der Waals surface area (Å²) >= 11 is 0. The van der Waals surface area contributed by atoms with E-state index in [2.05, 4.69) is 136 Å². The molecule has 0 rings (SSSR count). The Kier molecular flexibility index (Phi) is 89.2. The van der Waals surface area contributed by atoms with Gasteiger partial charge in [0.2, 0.25) is 23.6 Å². The predicted octanol–water partition coefficient (Wildman–Crippen LogP) is 23.7. The third kappa shape index (κ3) is 85.8. The molecule has 2 N–H and O–H groups in total. The molecule has 0 fully saturated rings. The summed E-state index contributed by atoms with van der Waals surface area (Å²) in [6.07, 6.45) is 85.3. The molecule has 0 aliphatic carbocycles. The summed E-state index contributed by atoms with van der Waals surface area (Å²) in [7, 11) is 1.61. The van der Waals surface area contributed by atoms with Gasteiger partial charge in [-0.3, -0.25) is 43.2 Å². The van der Waals surface area contributed by atoms with Crippen LogP contribution in [0.3, 0.4) is 0 Å². The highest BCUT2D eigenvalue weighted by Gasteiger charge is 2.24. The lowest BCUT2D eigenvalue weighted by atomic mass is 9.93. The summed E-state index contributed by atoms with van der Waals surface area (Å²) in [5.41, 5.74) is 0. The van der Waals surface area contributed by atoms with E-state index in [1.807, 2.05) is 0 Å². The quantitative estimate of drug-likeness (QED) is 0.0249. The summed E-state index contributed by atoms with van der Waals surface area (Å²) in [5, 5.41) is 5.87. The number of ketones is 1. The van der Waals surface area contributed by atoms with Crippen molar-refractivity contribution in [1.82, 2.24) is 20.4 Å². The molecule has 0 spiro atoms. The van der Waals surface area contributed by atoms with E-state index in [1.54, 1.807) is 7.11 Å². The summed E-state index contributed by atoms with van der Waals surface area (Å²) in [6, 6.07) is 0. The minimum Gasteiger partial charge on any atom is -0.464 e. The van der Waals surface area contributed by atoms with Gasteiger partial charge in [0.25, 0.3) is 0 Å². The lowest BCUT2D eigenvalue weighted by Crippen LogP contribution is -2.38. The Morgan fingerprint density at radius 2 is 0.569 bits per heavy atom. The van der Waals surface area contributed by atoms with Crippen LogP contribution in [0, 0.1) is 5.92 Å². The van der Waals surface area contributed by atoms with Crippen molar-refractivity contribution < 1.29 is 76.3 Å². The summed E-state index contributed by atoms with van der Waals surface area (Å²) in [5.74, 6) is -3.74. The number of amides is 4. The molecule has 0 aliphatic heterocycles. The molecule has 0 aliphatic rings. The van der Waals surface area contributed by atoms with Crippen LogP contribution in [0.5, 0.6) is 0 Å². The zero-order chi connectivity index (χ0) is 89.5. The number of esters is 4. The summed E-state index contributed by atoms with van der Waals surface area (Å²) < 4.78 is 38.6. The molecule has 0 aromatic heterocycles. The van der Waals surface area contributed by atoms with Crippen LogP contribution in [0.15, 0.2) is 97.2 Å². The Morgan fingerprint density at radius 3 is 0.902 bits per heavy atom. The molecule has 123 heavy (non-hydrogen) atoms. The smallest absolute Gasteiger partial charge is 0.305 e. The van der Waals surface area contributed by atoms with E-state index >= 15 is 0 Å². The van der Waals surface area contributed by atoms with Crippen molar-refractivity contribution in [2.75, 3.05) is 106 Å². The van der Waals surface area contributed by atoms with E-state index in [-0.39, 0.29) is 170 Å². The molecule has 0 bridgehead atoms. The molecular formula is C103H178N4O16. The second kappa shape index (κ2) is 94.4. The average Bonchev–Trinajstić information content (AvgIpc) is 0.937. The topological polar surface area (TPSA) is 249 Å². The molecule has 0 saturated carbocycles. The molecule has 20 heteroatoms. The van der Waals surface area contributed by atoms with Crippen LogP contribution < -0.4 is 10.6 Å². The Labute approximate surface area is 748 Å². The summed E-state index contributed by atoms with van der Waals surface area (Å²) in [6.45, 7) is 11.6. The third-order valence-corrected chi connectivity index (χ3v) is 21.4. The fraction of sp³-hybridized carbons (Fsp3) is 0.757. The van der Waals surface area contributed by atoms with Gasteiger partial charge in [-0.25, -0.2) is 0 Å². The molecule has 0 aromatic rings. The fourth-order valence-corrected chi connectivity index (χ4v) is 13.7. The van der Waals surface area contributed by atoms with Gasteiger partial charge in [-0.2, -0.15) is 0 Å². The van der Waals surface area contributed by atoms with Gasteiger partial charge in [0.15, 0.2) is 0 Å². The second-order valence-corrected chi connectivity index (χ2v) is 32.7. The maximum absolute atomic E-state index is 14.0. The summed E-state index contributed by atoms with van der Waals surface area (Å²) in [4.78, 5) is 123. The molecular weight excluding hydrogens is 1550 g/mol. The highest BCUT2D eigenvalue weighted by Crippen LogP contribution is 2.19. The van der Waals surface area contributed by atoms with Crippen LogP contribution in [-0.2, 0) is 76.3 Å². The molecule has 706 valence electrons. The van der Waals surface area contributed by atoms with Crippen molar-refractivity contribution in [2.24, 2.45) is 5.92 Å².